The first-order valence-electron chi connectivity index (χ1n) is 8.92. The van der Waals surface area contributed by atoms with Crippen molar-refractivity contribution in [3.05, 3.63) is 69.8 Å². The Kier molecular flexibility index (Phi) is 6.79. The van der Waals surface area contributed by atoms with Gasteiger partial charge in [0.25, 0.3) is 0 Å². The lowest BCUT2D eigenvalue weighted by Gasteiger charge is -2.13. The largest absolute Gasteiger partial charge is 0.489 e. The highest BCUT2D eigenvalue weighted by Crippen LogP contribution is 2.22. The van der Waals surface area contributed by atoms with Crippen LogP contribution in [-0.2, 0) is 16.1 Å². The smallest absolute Gasteiger partial charge is 0.349 e. The summed E-state index contributed by atoms with van der Waals surface area (Å²) in [5.74, 6) is 0.197. The standard InChI is InChI=1S/C23H25NO3/c1-15(2)27-23(25)20(13-24)12-19-10-17(4)11-21(18(19)5)14-26-22-8-6-16(3)7-9-22/h6-12,15H,14H2,1-5H3. The summed E-state index contributed by atoms with van der Waals surface area (Å²) in [5, 5.41) is 9.33. The molecule has 0 radical (unpaired) electrons. The summed E-state index contributed by atoms with van der Waals surface area (Å²) in [6.07, 6.45) is 1.31. The first-order valence-corrected chi connectivity index (χ1v) is 8.92. The van der Waals surface area contributed by atoms with Crippen molar-refractivity contribution in [2.75, 3.05) is 0 Å². The van der Waals surface area contributed by atoms with E-state index in [1.807, 2.05) is 57.2 Å². The second kappa shape index (κ2) is 9.05. The number of hydrogen-bond donors (Lipinski definition) is 0. The molecule has 0 unspecified atom stereocenters. The fraction of sp³-hybridized carbons (Fsp3) is 0.304. The zero-order valence-corrected chi connectivity index (χ0v) is 16.5. The third-order valence-electron chi connectivity index (χ3n) is 4.10. The minimum atomic E-state index is -0.606. The van der Waals surface area contributed by atoms with E-state index in [0.717, 1.165) is 28.0 Å². The highest BCUT2D eigenvalue weighted by Gasteiger charge is 2.14. The Morgan fingerprint density at radius 2 is 1.78 bits per heavy atom. The summed E-state index contributed by atoms with van der Waals surface area (Å²) < 4.78 is 11.0. The number of carbonyl (C=O) groups is 1. The highest BCUT2D eigenvalue weighted by atomic mass is 16.5. The lowest BCUT2D eigenvalue weighted by atomic mass is 9.98. The molecule has 0 saturated heterocycles. The van der Waals surface area contributed by atoms with E-state index in [1.54, 1.807) is 19.9 Å². The second-order valence-corrected chi connectivity index (χ2v) is 6.86. The average molecular weight is 363 g/mol. The lowest BCUT2D eigenvalue weighted by Crippen LogP contribution is -2.13. The van der Waals surface area contributed by atoms with Gasteiger partial charge in [-0.1, -0.05) is 35.4 Å². The minimum absolute atomic E-state index is 0.0113. The summed E-state index contributed by atoms with van der Waals surface area (Å²) in [6, 6.07) is 13.8. The number of nitrogens with zero attached hydrogens (tertiary/aromatic N) is 1. The van der Waals surface area contributed by atoms with Gasteiger partial charge < -0.3 is 9.47 Å². The predicted molar refractivity (Wildman–Crippen MR) is 106 cm³/mol. The zero-order chi connectivity index (χ0) is 20.0. The molecular weight excluding hydrogens is 338 g/mol. The maximum absolute atomic E-state index is 12.1. The molecule has 0 amide bonds. The van der Waals surface area contributed by atoms with Crippen molar-refractivity contribution >= 4 is 12.0 Å². The van der Waals surface area contributed by atoms with Gasteiger partial charge in [-0.25, -0.2) is 4.79 Å². The van der Waals surface area contributed by atoms with Gasteiger partial charge in [-0.3, -0.25) is 0 Å². The molecule has 2 aromatic rings. The molecule has 0 aliphatic carbocycles. The van der Waals surface area contributed by atoms with Gasteiger partial charge in [-0.2, -0.15) is 5.26 Å². The van der Waals surface area contributed by atoms with Gasteiger partial charge in [0, 0.05) is 0 Å². The Labute approximate surface area is 161 Å². The molecule has 4 heteroatoms. The van der Waals surface area contributed by atoms with Crippen LogP contribution in [0.4, 0.5) is 0 Å². The van der Waals surface area contributed by atoms with Crippen molar-refractivity contribution in [2.24, 2.45) is 0 Å². The molecule has 0 aliphatic rings. The molecule has 0 N–H and O–H groups in total. The van der Waals surface area contributed by atoms with E-state index >= 15 is 0 Å². The second-order valence-electron chi connectivity index (χ2n) is 6.86. The topological polar surface area (TPSA) is 59.3 Å². The maximum atomic E-state index is 12.1. The van der Waals surface area contributed by atoms with Crippen LogP contribution in [0.3, 0.4) is 0 Å². The van der Waals surface area contributed by atoms with Crippen LogP contribution in [0.15, 0.2) is 42.0 Å². The van der Waals surface area contributed by atoms with Crippen molar-refractivity contribution in [1.29, 1.82) is 5.26 Å². The molecule has 27 heavy (non-hydrogen) atoms. The monoisotopic (exact) mass is 363 g/mol. The van der Waals surface area contributed by atoms with Gasteiger partial charge in [-0.05, 0) is 69.5 Å². The predicted octanol–water partition coefficient (Wildman–Crippen LogP) is 5.05. The molecule has 140 valence electrons. The summed E-state index contributed by atoms with van der Waals surface area (Å²) >= 11 is 0. The number of ether oxygens (including phenoxy) is 2. The Balaban J connectivity index is 2.28. The van der Waals surface area contributed by atoms with Crippen LogP contribution in [0.5, 0.6) is 5.75 Å². The molecular formula is C23H25NO3. The zero-order valence-electron chi connectivity index (χ0n) is 16.5. The number of nitriles is 1. The fourth-order valence-electron chi connectivity index (χ4n) is 2.63. The Morgan fingerprint density at radius 1 is 1.11 bits per heavy atom. The molecule has 0 spiro atoms. The summed E-state index contributed by atoms with van der Waals surface area (Å²) in [4.78, 5) is 12.1. The Bertz CT molecular complexity index is 887. The van der Waals surface area contributed by atoms with Gasteiger partial charge in [0.15, 0.2) is 0 Å². The first-order chi connectivity index (χ1) is 12.8. The van der Waals surface area contributed by atoms with E-state index in [9.17, 15) is 10.1 Å². The average Bonchev–Trinajstić information content (AvgIpc) is 2.61. The molecule has 0 aliphatic heterocycles. The Hall–Kier alpha value is -3.06. The van der Waals surface area contributed by atoms with Gasteiger partial charge in [-0.15, -0.1) is 0 Å². The molecule has 0 aromatic heterocycles. The number of esters is 1. The van der Waals surface area contributed by atoms with Crippen LogP contribution < -0.4 is 4.74 Å². The maximum Gasteiger partial charge on any atom is 0.349 e. The SMILES string of the molecule is Cc1ccc(OCc2cc(C)cc(C=C(C#N)C(=O)OC(C)C)c2C)cc1. The van der Waals surface area contributed by atoms with E-state index in [1.165, 1.54) is 5.56 Å². The summed E-state index contributed by atoms with van der Waals surface area (Å²) in [6.45, 7) is 9.89. The highest BCUT2D eigenvalue weighted by molar-refractivity contribution is 5.98. The molecule has 0 atom stereocenters. The van der Waals surface area contributed by atoms with Crippen LogP contribution in [-0.4, -0.2) is 12.1 Å². The van der Waals surface area contributed by atoms with Gasteiger partial charge in [0.05, 0.1) is 6.10 Å². The number of carbonyl (C=O) groups excluding carboxylic acids is 1. The molecule has 0 bridgehead atoms. The third kappa shape index (κ3) is 5.72. The number of hydrogen-bond acceptors (Lipinski definition) is 4. The Morgan fingerprint density at radius 3 is 2.37 bits per heavy atom. The minimum Gasteiger partial charge on any atom is -0.489 e. The van der Waals surface area contributed by atoms with Crippen molar-refractivity contribution in [2.45, 2.75) is 47.3 Å². The van der Waals surface area contributed by atoms with Crippen molar-refractivity contribution < 1.29 is 14.3 Å². The normalized spacial score (nSPS) is 11.2. The number of aryl methyl sites for hydroxylation is 2. The molecule has 0 saturated carbocycles. The van der Waals surface area contributed by atoms with Crippen molar-refractivity contribution in [3.8, 4) is 11.8 Å². The lowest BCUT2D eigenvalue weighted by molar-refractivity contribution is -0.142. The fourth-order valence-corrected chi connectivity index (χ4v) is 2.63. The first kappa shape index (κ1) is 20.3. The van der Waals surface area contributed by atoms with Gasteiger partial charge >= 0.3 is 5.97 Å². The number of benzene rings is 2. The molecule has 2 rings (SSSR count). The van der Waals surface area contributed by atoms with E-state index in [-0.39, 0.29) is 11.7 Å². The number of rotatable bonds is 6. The molecule has 2 aromatic carbocycles. The van der Waals surface area contributed by atoms with E-state index in [4.69, 9.17) is 9.47 Å². The van der Waals surface area contributed by atoms with Gasteiger partial charge in [0.1, 0.15) is 24.0 Å². The summed E-state index contributed by atoms with van der Waals surface area (Å²) in [7, 11) is 0. The van der Waals surface area contributed by atoms with E-state index < -0.39 is 5.97 Å². The quantitative estimate of drug-likeness (QED) is 0.409. The molecule has 0 heterocycles. The van der Waals surface area contributed by atoms with Crippen molar-refractivity contribution in [1.82, 2.24) is 0 Å². The van der Waals surface area contributed by atoms with Crippen LogP contribution >= 0.6 is 0 Å². The van der Waals surface area contributed by atoms with E-state index in [0.29, 0.717) is 6.61 Å². The van der Waals surface area contributed by atoms with Crippen LogP contribution in [0.2, 0.25) is 0 Å². The molecule has 4 nitrogen and oxygen atoms in total. The molecule has 0 fully saturated rings. The summed E-state index contributed by atoms with van der Waals surface area (Å²) in [5.41, 5.74) is 4.99. The third-order valence-corrected chi connectivity index (χ3v) is 4.10. The van der Waals surface area contributed by atoms with E-state index in [2.05, 4.69) is 6.07 Å². The van der Waals surface area contributed by atoms with Crippen LogP contribution in [0.25, 0.3) is 6.08 Å². The van der Waals surface area contributed by atoms with Gasteiger partial charge in [0.2, 0.25) is 0 Å². The van der Waals surface area contributed by atoms with Crippen molar-refractivity contribution in [3.63, 3.8) is 0 Å². The van der Waals surface area contributed by atoms with Crippen LogP contribution in [0.1, 0.15) is 41.7 Å². The van der Waals surface area contributed by atoms with Crippen LogP contribution in [0, 0.1) is 32.1 Å².